The van der Waals surface area contributed by atoms with E-state index in [1.165, 1.54) is 47.8 Å². The molecule has 2 unspecified atom stereocenters. The second-order valence-corrected chi connectivity index (χ2v) is 6.77. The first-order valence-corrected chi connectivity index (χ1v) is 8.67. The van der Waals surface area contributed by atoms with Crippen molar-refractivity contribution in [1.82, 2.24) is 10.3 Å². The Kier molecular flexibility index (Phi) is 4.58. The van der Waals surface area contributed by atoms with Crippen molar-refractivity contribution in [3.63, 3.8) is 0 Å². The second kappa shape index (κ2) is 6.41. The fraction of sp³-hybridized carbons (Fsp3) is 0.800. The number of nitrogens with one attached hydrogen (secondary N) is 1. The molecule has 0 amide bonds. The number of nitrogens with zero attached hydrogens (tertiary/aromatic N) is 2. The molecule has 0 saturated carbocycles. The van der Waals surface area contributed by atoms with Gasteiger partial charge in [-0.15, -0.1) is 11.3 Å². The standard InChI is InChI=1S/C15H25N3OS/c1-3-18(10-11-6-5-9-19-11)15-17-14-12(16-2)7-4-8-13(14)20-15/h11-12,16H,3-10H2,1-2H3. The summed E-state index contributed by atoms with van der Waals surface area (Å²) < 4.78 is 5.77. The highest BCUT2D eigenvalue weighted by Gasteiger charge is 2.26. The first-order valence-electron chi connectivity index (χ1n) is 7.85. The van der Waals surface area contributed by atoms with E-state index in [-0.39, 0.29) is 0 Å². The predicted molar refractivity (Wildman–Crippen MR) is 83.7 cm³/mol. The van der Waals surface area contributed by atoms with Crippen LogP contribution in [0.15, 0.2) is 0 Å². The van der Waals surface area contributed by atoms with Gasteiger partial charge in [0.1, 0.15) is 0 Å². The summed E-state index contributed by atoms with van der Waals surface area (Å²) >= 11 is 1.89. The Bertz CT molecular complexity index is 442. The van der Waals surface area contributed by atoms with Gasteiger partial charge in [-0.3, -0.25) is 0 Å². The van der Waals surface area contributed by atoms with Crippen LogP contribution >= 0.6 is 11.3 Å². The molecule has 2 aliphatic rings. The van der Waals surface area contributed by atoms with Crippen molar-refractivity contribution in [2.45, 2.75) is 51.2 Å². The predicted octanol–water partition coefficient (Wildman–Crippen LogP) is 2.75. The number of thiazole rings is 1. The smallest absolute Gasteiger partial charge is 0.185 e. The van der Waals surface area contributed by atoms with E-state index in [1.807, 2.05) is 18.4 Å². The molecule has 2 atom stereocenters. The number of likely N-dealkylation sites (N-methyl/N-ethyl adjacent to an activating group) is 1. The van der Waals surface area contributed by atoms with Crippen molar-refractivity contribution in [1.29, 1.82) is 0 Å². The van der Waals surface area contributed by atoms with Gasteiger partial charge in [0.05, 0.1) is 17.8 Å². The second-order valence-electron chi connectivity index (χ2n) is 5.71. The molecule has 3 rings (SSSR count). The summed E-state index contributed by atoms with van der Waals surface area (Å²) in [6, 6.07) is 0.449. The van der Waals surface area contributed by atoms with E-state index in [2.05, 4.69) is 17.1 Å². The fourth-order valence-corrected chi connectivity index (χ4v) is 4.43. The number of fused-ring (bicyclic) bond motifs is 1. The number of ether oxygens (including phenoxy) is 1. The first kappa shape index (κ1) is 14.3. The van der Waals surface area contributed by atoms with Crippen LogP contribution < -0.4 is 10.2 Å². The van der Waals surface area contributed by atoms with Gasteiger partial charge in [-0.2, -0.15) is 0 Å². The molecule has 2 heterocycles. The molecule has 1 aliphatic carbocycles. The van der Waals surface area contributed by atoms with Crippen LogP contribution in [-0.2, 0) is 11.2 Å². The zero-order valence-corrected chi connectivity index (χ0v) is 13.3. The Balaban J connectivity index is 1.76. The van der Waals surface area contributed by atoms with Crippen LogP contribution in [-0.4, -0.2) is 37.8 Å². The van der Waals surface area contributed by atoms with Crippen LogP contribution in [0.25, 0.3) is 0 Å². The van der Waals surface area contributed by atoms with Crippen LogP contribution in [0.5, 0.6) is 0 Å². The molecule has 1 aromatic rings. The highest BCUT2D eigenvalue weighted by Crippen LogP contribution is 2.36. The number of hydrogen-bond donors (Lipinski definition) is 1. The minimum atomic E-state index is 0.399. The van der Waals surface area contributed by atoms with Gasteiger partial charge in [0.25, 0.3) is 0 Å². The number of aromatic nitrogens is 1. The lowest BCUT2D eigenvalue weighted by Gasteiger charge is -2.23. The van der Waals surface area contributed by atoms with Crippen LogP contribution in [0.2, 0.25) is 0 Å². The molecule has 1 saturated heterocycles. The van der Waals surface area contributed by atoms with Crippen LogP contribution in [0.3, 0.4) is 0 Å². The SMILES string of the molecule is CCN(CC1CCCO1)c1nc2c(s1)CCCC2NC. The molecular weight excluding hydrogens is 270 g/mol. The quantitative estimate of drug-likeness (QED) is 0.906. The third-order valence-electron chi connectivity index (χ3n) is 4.39. The minimum absolute atomic E-state index is 0.399. The molecule has 0 spiro atoms. The van der Waals surface area contributed by atoms with Gasteiger partial charge in [-0.1, -0.05) is 0 Å². The lowest BCUT2D eigenvalue weighted by Crippen LogP contribution is -2.32. The average Bonchev–Trinajstić information content (AvgIpc) is 3.12. The molecule has 5 heteroatoms. The summed E-state index contributed by atoms with van der Waals surface area (Å²) in [5.41, 5.74) is 1.30. The Morgan fingerprint density at radius 1 is 1.40 bits per heavy atom. The highest BCUT2D eigenvalue weighted by molar-refractivity contribution is 7.15. The van der Waals surface area contributed by atoms with Crippen LogP contribution in [0, 0.1) is 0 Å². The average molecular weight is 295 g/mol. The molecule has 0 radical (unpaired) electrons. The number of anilines is 1. The fourth-order valence-electron chi connectivity index (χ4n) is 3.20. The van der Waals surface area contributed by atoms with Gasteiger partial charge >= 0.3 is 0 Å². The van der Waals surface area contributed by atoms with E-state index in [0.29, 0.717) is 12.1 Å². The molecular formula is C15H25N3OS. The molecule has 1 aliphatic heterocycles. The Morgan fingerprint density at radius 2 is 2.30 bits per heavy atom. The summed E-state index contributed by atoms with van der Waals surface area (Å²) in [5.74, 6) is 0. The van der Waals surface area contributed by atoms with Gasteiger partial charge in [0, 0.05) is 24.6 Å². The van der Waals surface area contributed by atoms with Crippen molar-refractivity contribution in [2.75, 3.05) is 31.6 Å². The largest absolute Gasteiger partial charge is 0.376 e. The Hall–Kier alpha value is -0.650. The van der Waals surface area contributed by atoms with Crippen molar-refractivity contribution in [3.8, 4) is 0 Å². The topological polar surface area (TPSA) is 37.4 Å². The van der Waals surface area contributed by atoms with Crippen molar-refractivity contribution >= 4 is 16.5 Å². The third kappa shape index (κ3) is 2.85. The van der Waals surface area contributed by atoms with E-state index in [9.17, 15) is 0 Å². The van der Waals surface area contributed by atoms with Crippen molar-refractivity contribution < 1.29 is 4.74 Å². The maximum atomic E-state index is 5.77. The van der Waals surface area contributed by atoms with Crippen molar-refractivity contribution in [3.05, 3.63) is 10.6 Å². The summed E-state index contributed by atoms with van der Waals surface area (Å²) in [6.07, 6.45) is 6.49. The Labute approximate surface area is 125 Å². The summed E-state index contributed by atoms with van der Waals surface area (Å²) in [7, 11) is 2.04. The molecule has 0 bridgehead atoms. The van der Waals surface area contributed by atoms with Gasteiger partial charge in [0.2, 0.25) is 0 Å². The molecule has 1 fully saturated rings. The lowest BCUT2D eigenvalue weighted by molar-refractivity contribution is 0.115. The number of hydrogen-bond acceptors (Lipinski definition) is 5. The Morgan fingerprint density at radius 3 is 3.00 bits per heavy atom. The van der Waals surface area contributed by atoms with Crippen LogP contribution in [0.1, 0.15) is 49.2 Å². The zero-order chi connectivity index (χ0) is 13.9. The van der Waals surface area contributed by atoms with Gasteiger partial charge in [-0.05, 0) is 46.1 Å². The number of aryl methyl sites for hydroxylation is 1. The summed E-state index contributed by atoms with van der Waals surface area (Å²) in [4.78, 5) is 8.82. The summed E-state index contributed by atoms with van der Waals surface area (Å²) in [5, 5.41) is 4.59. The van der Waals surface area contributed by atoms with Gasteiger partial charge < -0.3 is 15.0 Å². The maximum Gasteiger partial charge on any atom is 0.185 e. The third-order valence-corrected chi connectivity index (χ3v) is 5.58. The summed E-state index contributed by atoms with van der Waals surface area (Å²) in [6.45, 7) is 5.15. The zero-order valence-electron chi connectivity index (χ0n) is 12.5. The van der Waals surface area contributed by atoms with E-state index in [0.717, 1.165) is 19.7 Å². The monoisotopic (exact) mass is 295 g/mol. The van der Waals surface area contributed by atoms with E-state index in [4.69, 9.17) is 9.72 Å². The van der Waals surface area contributed by atoms with Gasteiger partial charge in [0.15, 0.2) is 5.13 Å². The highest BCUT2D eigenvalue weighted by atomic mass is 32.1. The molecule has 1 aromatic heterocycles. The van der Waals surface area contributed by atoms with E-state index >= 15 is 0 Å². The van der Waals surface area contributed by atoms with Crippen LogP contribution in [0.4, 0.5) is 5.13 Å². The molecule has 4 nitrogen and oxygen atoms in total. The lowest BCUT2D eigenvalue weighted by atomic mass is 9.98. The first-order chi connectivity index (χ1) is 9.81. The van der Waals surface area contributed by atoms with E-state index < -0.39 is 0 Å². The molecule has 112 valence electrons. The minimum Gasteiger partial charge on any atom is -0.376 e. The maximum absolute atomic E-state index is 5.77. The van der Waals surface area contributed by atoms with Gasteiger partial charge in [-0.25, -0.2) is 4.98 Å². The van der Waals surface area contributed by atoms with Crippen molar-refractivity contribution in [2.24, 2.45) is 0 Å². The molecule has 0 aromatic carbocycles. The molecule has 1 N–H and O–H groups in total. The molecule has 20 heavy (non-hydrogen) atoms. The van der Waals surface area contributed by atoms with E-state index in [1.54, 1.807) is 0 Å². The normalized spacial score (nSPS) is 25.7. The number of rotatable bonds is 5.